The predicted octanol–water partition coefficient (Wildman–Crippen LogP) is 4.42. The Hall–Kier alpha value is -2.28. The van der Waals surface area contributed by atoms with Gasteiger partial charge in [0, 0.05) is 18.8 Å². The number of aromatic nitrogens is 2. The average Bonchev–Trinajstić information content (AvgIpc) is 3.12. The van der Waals surface area contributed by atoms with E-state index in [-0.39, 0.29) is 22.5 Å². The summed E-state index contributed by atoms with van der Waals surface area (Å²) in [5, 5.41) is 15.5. The minimum absolute atomic E-state index is 0.0649. The van der Waals surface area contributed by atoms with Crippen LogP contribution in [-0.2, 0) is 16.4 Å². The van der Waals surface area contributed by atoms with Crippen LogP contribution in [0.25, 0.3) is 0 Å². The molecule has 0 bridgehead atoms. The molecule has 13 heteroatoms. The molecule has 1 atom stereocenters. The number of halogens is 3. The van der Waals surface area contributed by atoms with Gasteiger partial charge in [-0.25, -0.2) is 8.42 Å². The average molecular weight is 448 g/mol. The summed E-state index contributed by atoms with van der Waals surface area (Å²) in [4.78, 5) is 2.01. The normalized spacial score (nSPS) is 17.6. The number of aryl methyl sites for hydroxylation is 1. The Labute approximate surface area is 169 Å². The minimum atomic E-state index is -4.86. The third-order valence-electron chi connectivity index (χ3n) is 4.55. The molecule has 29 heavy (non-hydrogen) atoms. The summed E-state index contributed by atoms with van der Waals surface area (Å²) in [6, 6.07) is 3.42. The van der Waals surface area contributed by atoms with Gasteiger partial charge in [0.1, 0.15) is 11.2 Å². The SMILES string of the molecule is CCC1CCc2cc(N=Nc3nncs3)c(NS(=O)(=O)CC(F)(F)F)cc2N1C. The van der Waals surface area contributed by atoms with E-state index in [4.69, 9.17) is 0 Å². The molecule has 0 fully saturated rings. The molecule has 1 aromatic heterocycles. The van der Waals surface area contributed by atoms with Gasteiger partial charge in [-0.3, -0.25) is 4.72 Å². The van der Waals surface area contributed by atoms with E-state index in [9.17, 15) is 21.6 Å². The fourth-order valence-electron chi connectivity index (χ4n) is 3.23. The Morgan fingerprint density at radius 1 is 1.34 bits per heavy atom. The van der Waals surface area contributed by atoms with Gasteiger partial charge in [0.25, 0.3) is 5.13 Å². The van der Waals surface area contributed by atoms with Crippen molar-refractivity contribution in [3.05, 3.63) is 23.2 Å². The van der Waals surface area contributed by atoms with E-state index in [2.05, 4.69) is 20.4 Å². The number of hydrogen-bond donors (Lipinski definition) is 1. The van der Waals surface area contributed by atoms with Crippen molar-refractivity contribution in [2.45, 2.75) is 38.4 Å². The maximum absolute atomic E-state index is 12.6. The second-order valence-corrected chi connectivity index (χ2v) is 9.14. The second kappa shape index (κ2) is 8.22. The molecule has 3 rings (SSSR count). The molecule has 0 spiro atoms. The monoisotopic (exact) mass is 448 g/mol. The van der Waals surface area contributed by atoms with Crippen LogP contribution < -0.4 is 9.62 Å². The Bertz CT molecular complexity index is 993. The van der Waals surface area contributed by atoms with Gasteiger partial charge < -0.3 is 4.90 Å². The molecule has 1 aromatic carbocycles. The first-order chi connectivity index (χ1) is 13.6. The number of fused-ring (bicyclic) bond motifs is 1. The fraction of sp³-hybridized carbons (Fsp3) is 0.500. The summed E-state index contributed by atoms with van der Waals surface area (Å²) in [5.41, 5.74) is 3.18. The van der Waals surface area contributed by atoms with Crippen LogP contribution in [0.1, 0.15) is 25.3 Å². The predicted molar refractivity (Wildman–Crippen MR) is 105 cm³/mol. The molecule has 1 N–H and O–H groups in total. The first-order valence-electron chi connectivity index (χ1n) is 8.73. The van der Waals surface area contributed by atoms with Crippen molar-refractivity contribution in [2.75, 3.05) is 22.4 Å². The van der Waals surface area contributed by atoms with E-state index in [0.717, 1.165) is 41.9 Å². The summed E-state index contributed by atoms with van der Waals surface area (Å²) >= 11 is 1.12. The Morgan fingerprint density at radius 2 is 2.10 bits per heavy atom. The zero-order chi connectivity index (χ0) is 21.2. The zero-order valence-electron chi connectivity index (χ0n) is 15.6. The Balaban J connectivity index is 2.02. The lowest BCUT2D eigenvalue weighted by Gasteiger charge is -2.36. The van der Waals surface area contributed by atoms with Crippen molar-refractivity contribution in [1.82, 2.24) is 10.2 Å². The number of anilines is 2. The van der Waals surface area contributed by atoms with Gasteiger partial charge in [-0.1, -0.05) is 18.3 Å². The van der Waals surface area contributed by atoms with Gasteiger partial charge in [0.15, 0.2) is 5.75 Å². The van der Waals surface area contributed by atoms with Crippen molar-refractivity contribution in [1.29, 1.82) is 0 Å². The van der Waals surface area contributed by atoms with Gasteiger partial charge in [-0.05, 0) is 37.0 Å². The van der Waals surface area contributed by atoms with E-state index in [0.29, 0.717) is 0 Å². The maximum atomic E-state index is 12.6. The second-order valence-electron chi connectivity index (χ2n) is 6.61. The van der Waals surface area contributed by atoms with Crippen LogP contribution in [0.2, 0.25) is 0 Å². The molecule has 1 unspecified atom stereocenters. The van der Waals surface area contributed by atoms with Gasteiger partial charge in [-0.15, -0.1) is 20.4 Å². The zero-order valence-corrected chi connectivity index (χ0v) is 17.3. The fourth-order valence-corrected chi connectivity index (χ4v) is 4.60. The molecule has 8 nitrogen and oxygen atoms in total. The van der Waals surface area contributed by atoms with Gasteiger partial charge in [-0.2, -0.15) is 13.2 Å². The van der Waals surface area contributed by atoms with Crippen LogP contribution in [0.5, 0.6) is 0 Å². The topological polar surface area (TPSA) is 99.9 Å². The standard InChI is InChI=1S/C16H19F3N6O2S2/c1-3-11-5-4-10-6-12(21-23-15-22-20-9-28-15)13(7-14(10)25(11)2)24-29(26,27)8-16(17,18)19/h6-7,9,11,24H,3-5,8H2,1-2H3. The van der Waals surface area contributed by atoms with Crippen molar-refractivity contribution in [2.24, 2.45) is 10.2 Å². The lowest BCUT2D eigenvalue weighted by Crippen LogP contribution is -2.35. The molecule has 0 saturated heterocycles. The van der Waals surface area contributed by atoms with Crippen LogP contribution in [0.4, 0.5) is 35.4 Å². The molecule has 1 aliphatic rings. The lowest BCUT2D eigenvalue weighted by molar-refractivity contribution is -0.106. The van der Waals surface area contributed by atoms with E-state index in [1.165, 1.54) is 11.6 Å². The lowest BCUT2D eigenvalue weighted by atomic mass is 9.94. The summed E-state index contributed by atoms with van der Waals surface area (Å²) in [5.74, 6) is -1.99. The highest BCUT2D eigenvalue weighted by Gasteiger charge is 2.36. The number of alkyl halides is 3. The van der Waals surface area contributed by atoms with Crippen LogP contribution >= 0.6 is 11.3 Å². The highest BCUT2D eigenvalue weighted by Crippen LogP contribution is 2.39. The van der Waals surface area contributed by atoms with Gasteiger partial charge in [0.05, 0.1) is 5.69 Å². The quantitative estimate of drug-likeness (QED) is 0.660. The number of benzene rings is 1. The van der Waals surface area contributed by atoms with Crippen molar-refractivity contribution in [3.8, 4) is 0 Å². The smallest absolute Gasteiger partial charge is 0.371 e. The number of nitrogens with zero attached hydrogens (tertiary/aromatic N) is 5. The number of rotatable bonds is 6. The number of sulfonamides is 1. The van der Waals surface area contributed by atoms with E-state index in [1.807, 2.05) is 23.6 Å². The molecule has 0 amide bonds. The van der Waals surface area contributed by atoms with E-state index in [1.54, 1.807) is 6.07 Å². The summed E-state index contributed by atoms with van der Waals surface area (Å²) < 4.78 is 64.0. The molecule has 0 radical (unpaired) electrons. The summed E-state index contributed by atoms with van der Waals surface area (Å²) in [6.07, 6.45) is -2.32. The van der Waals surface area contributed by atoms with E-state index >= 15 is 0 Å². The minimum Gasteiger partial charge on any atom is -0.371 e. The van der Waals surface area contributed by atoms with Crippen molar-refractivity contribution < 1.29 is 21.6 Å². The molecule has 2 aromatic rings. The number of hydrogen-bond acceptors (Lipinski definition) is 8. The van der Waals surface area contributed by atoms with E-state index < -0.39 is 22.0 Å². The highest BCUT2D eigenvalue weighted by atomic mass is 32.2. The number of azo groups is 1. The maximum Gasteiger partial charge on any atom is 0.404 e. The molecule has 2 heterocycles. The van der Waals surface area contributed by atoms with Crippen LogP contribution in [0.15, 0.2) is 27.9 Å². The van der Waals surface area contributed by atoms with Crippen molar-refractivity contribution in [3.63, 3.8) is 0 Å². The van der Waals surface area contributed by atoms with Crippen LogP contribution in [0.3, 0.4) is 0 Å². The van der Waals surface area contributed by atoms with Crippen LogP contribution in [0, 0.1) is 0 Å². The molecular weight excluding hydrogens is 429 g/mol. The summed E-state index contributed by atoms with van der Waals surface area (Å²) in [7, 11) is -2.79. The summed E-state index contributed by atoms with van der Waals surface area (Å²) in [6.45, 7) is 2.05. The van der Waals surface area contributed by atoms with Gasteiger partial charge in [0.2, 0.25) is 10.0 Å². The molecule has 0 aliphatic carbocycles. The first-order valence-corrected chi connectivity index (χ1v) is 11.3. The molecule has 158 valence electrons. The molecule has 0 saturated carbocycles. The largest absolute Gasteiger partial charge is 0.404 e. The van der Waals surface area contributed by atoms with Gasteiger partial charge >= 0.3 is 6.18 Å². The highest BCUT2D eigenvalue weighted by molar-refractivity contribution is 7.92. The number of nitrogens with one attached hydrogen (secondary N) is 1. The Morgan fingerprint density at radius 3 is 2.72 bits per heavy atom. The third kappa shape index (κ3) is 5.41. The molecule has 1 aliphatic heterocycles. The Kier molecular flexibility index (Phi) is 6.08. The first kappa shape index (κ1) is 21.4. The molecular formula is C16H19F3N6O2S2. The third-order valence-corrected chi connectivity index (χ3v) is 6.37. The van der Waals surface area contributed by atoms with Crippen molar-refractivity contribution >= 4 is 43.6 Å². The van der Waals surface area contributed by atoms with Crippen LogP contribution in [-0.4, -0.2) is 43.6 Å².